The smallest absolute Gasteiger partial charge is 0.350 e. The van der Waals surface area contributed by atoms with Crippen molar-refractivity contribution in [3.8, 4) is 0 Å². The maximum Gasteiger partial charge on any atom is 0.350 e. The number of amides is 1. The lowest BCUT2D eigenvalue weighted by Gasteiger charge is -2.08. The molecular formula is C13H14N2O3S. The summed E-state index contributed by atoms with van der Waals surface area (Å²) >= 11 is 1.28. The van der Waals surface area contributed by atoms with E-state index in [4.69, 9.17) is 10.5 Å². The highest BCUT2D eigenvalue weighted by Gasteiger charge is 2.21. The van der Waals surface area contributed by atoms with Gasteiger partial charge in [0.1, 0.15) is 4.88 Å². The predicted octanol–water partition coefficient (Wildman–Crippen LogP) is 1.97. The summed E-state index contributed by atoms with van der Waals surface area (Å²) in [5.41, 5.74) is 6.00. The number of benzene rings is 1. The van der Waals surface area contributed by atoms with Crippen molar-refractivity contribution in [2.45, 2.75) is 13.0 Å². The van der Waals surface area contributed by atoms with Gasteiger partial charge in [-0.05, 0) is 13.0 Å². The Morgan fingerprint density at radius 1 is 1.37 bits per heavy atom. The van der Waals surface area contributed by atoms with Gasteiger partial charge < -0.3 is 15.8 Å². The highest BCUT2D eigenvalue weighted by atomic mass is 32.1. The van der Waals surface area contributed by atoms with Crippen LogP contribution in [0.2, 0.25) is 0 Å². The fourth-order valence-corrected chi connectivity index (χ4v) is 2.72. The number of hydrogen-bond donors (Lipinski definition) is 2. The van der Waals surface area contributed by atoms with Gasteiger partial charge in [0, 0.05) is 10.1 Å². The molecule has 0 aliphatic rings. The molecule has 1 atom stereocenters. The van der Waals surface area contributed by atoms with E-state index in [9.17, 15) is 9.59 Å². The Morgan fingerprint density at radius 3 is 2.68 bits per heavy atom. The minimum Gasteiger partial charge on any atom is -0.465 e. The average molecular weight is 278 g/mol. The van der Waals surface area contributed by atoms with Crippen LogP contribution in [0.5, 0.6) is 0 Å². The molecule has 0 aliphatic carbocycles. The summed E-state index contributed by atoms with van der Waals surface area (Å²) < 4.78 is 5.64. The van der Waals surface area contributed by atoms with Crippen molar-refractivity contribution in [3.05, 3.63) is 29.1 Å². The molecule has 1 aromatic heterocycles. The molecule has 1 amide bonds. The van der Waals surface area contributed by atoms with Crippen molar-refractivity contribution in [2.75, 3.05) is 12.4 Å². The van der Waals surface area contributed by atoms with Crippen LogP contribution >= 0.6 is 11.3 Å². The normalized spacial score (nSPS) is 12.2. The predicted molar refractivity (Wildman–Crippen MR) is 75.4 cm³/mol. The third-order valence-corrected chi connectivity index (χ3v) is 3.78. The van der Waals surface area contributed by atoms with Gasteiger partial charge in [-0.3, -0.25) is 4.79 Å². The second kappa shape index (κ2) is 5.38. The molecule has 0 saturated carbocycles. The molecule has 0 radical (unpaired) electrons. The number of methoxy groups -OCH3 is 1. The molecule has 0 saturated heterocycles. The Kier molecular flexibility index (Phi) is 3.82. The number of thiophene rings is 1. The van der Waals surface area contributed by atoms with Crippen molar-refractivity contribution in [3.63, 3.8) is 0 Å². The number of fused-ring (bicyclic) bond motifs is 1. The number of anilines is 1. The van der Waals surface area contributed by atoms with E-state index in [1.807, 2.05) is 24.3 Å². The van der Waals surface area contributed by atoms with Crippen LogP contribution in [0.3, 0.4) is 0 Å². The number of hydrogen-bond acceptors (Lipinski definition) is 5. The third-order valence-electron chi connectivity index (χ3n) is 2.63. The van der Waals surface area contributed by atoms with Crippen molar-refractivity contribution in [1.29, 1.82) is 0 Å². The Balaban J connectivity index is 2.54. The van der Waals surface area contributed by atoms with E-state index in [-0.39, 0.29) is 5.91 Å². The summed E-state index contributed by atoms with van der Waals surface area (Å²) in [5, 5.41) is 3.50. The van der Waals surface area contributed by atoms with Gasteiger partial charge in [-0.25, -0.2) is 4.79 Å². The largest absolute Gasteiger partial charge is 0.465 e. The molecule has 1 heterocycles. The fourth-order valence-electron chi connectivity index (χ4n) is 1.64. The third kappa shape index (κ3) is 2.59. The fraction of sp³-hybridized carbons (Fsp3) is 0.231. The zero-order chi connectivity index (χ0) is 14.0. The van der Waals surface area contributed by atoms with Crippen molar-refractivity contribution >= 4 is 39.0 Å². The zero-order valence-electron chi connectivity index (χ0n) is 10.6. The van der Waals surface area contributed by atoms with Crippen LogP contribution in [0.4, 0.5) is 5.69 Å². The summed E-state index contributed by atoms with van der Waals surface area (Å²) in [6, 6.07) is 6.79. The van der Waals surface area contributed by atoms with E-state index in [1.165, 1.54) is 18.4 Å². The van der Waals surface area contributed by atoms with Gasteiger partial charge in [-0.2, -0.15) is 0 Å². The molecule has 5 nitrogen and oxygen atoms in total. The number of ether oxygens (including phenoxy) is 1. The number of carbonyl (C=O) groups excluding carboxylic acids is 2. The van der Waals surface area contributed by atoms with Crippen LogP contribution in [-0.4, -0.2) is 25.0 Å². The topological polar surface area (TPSA) is 81.4 Å². The summed E-state index contributed by atoms with van der Waals surface area (Å²) in [6.45, 7) is 1.59. The summed E-state index contributed by atoms with van der Waals surface area (Å²) in [7, 11) is 1.31. The lowest BCUT2D eigenvalue weighted by atomic mass is 10.2. The van der Waals surface area contributed by atoms with Gasteiger partial charge >= 0.3 is 5.97 Å². The van der Waals surface area contributed by atoms with Crippen LogP contribution in [0.15, 0.2) is 24.3 Å². The van der Waals surface area contributed by atoms with Crippen LogP contribution in [0, 0.1) is 0 Å². The van der Waals surface area contributed by atoms with Crippen molar-refractivity contribution < 1.29 is 14.3 Å². The van der Waals surface area contributed by atoms with Crippen molar-refractivity contribution in [1.82, 2.24) is 0 Å². The Bertz CT molecular complexity index is 634. The first-order valence-corrected chi connectivity index (χ1v) is 6.52. The highest BCUT2D eigenvalue weighted by Crippen LogP contribution is 2.36. The maximum atomic E-state index is 11.8. The second-order valence-corrected chi connectivity index (χ2v) is 5.12. The first-order valence-electron chi connectivity index (χ1n) is 5.71. The average Bonchev–Trinajstić information content (AvgIpc) is 2.77. The molecule has 0 bridgehead atoms. The molecular weight excluding hydrogens is 264 g/mol. The van der Waals surface area contributed by atoms with Crippen LogP contribution in [-0.2, 0) is 9.53 Å². The van der Waals surface area contributed by atoms with Gasteiger partial charge in [0.25, 0.3) is 0 Å². The standard InChI is InChI=1S/C13H14N2O3S/c1-7(14)12(16)15-10-8-5-3-4-6-9(8)19-11(10)13(17)18-2/h3-7H,14H2,1-2H3,(H,15,16)/t7-/m0/s1. The molecule has 100 valence electrons. The van der Waals surface area contributed by atoms with Crippen LogP contribution in [0.25, 0.3) is 10.1 Å². The SMILES string of the molecule is COC(=O)c1sc2ccccc2c1NC(=O)[C@H](C)N. The molecule has 0 fully saturated rings. The Morgan fingerprint density at radius 2 is 2.05 bits per heavy atom. The number of esters is 1. The first kappa shape index (κ1) is 13.5. The number of carbonyl (C=O) groups is 2. The van der Waals surface area contributed by atoms with E-state index in [1.54, 1.807) is 6.92 Å². The summed E-state index contributed by atoms with van der Waals surface area (Å²) in [5.74, 6) is -0.810. The van der Waals surface area contributed by atoms with E-state index in [0.29, 0.717) is 10.6 Å². The van der Waals surface area contributed by atoms with E-state index >= 15 is 0 Å². The monoisotopic (exact) mass is 278 g/mol. The molecule has 3 N–H and O–H groups in total. The Hall–Kier alpha value is -1.92. The second-order valence-electron chi connectivity index (χ2n) is 4.07. The van der Waals surface area contributed by atoms with Gasteiger partial charge in [0.05, 0.1) is 18.8 Å². The minimum absolute atomic E-state index is 0.339. The van der Waals surface area contributed by atoms with Gasteiger partial charge in [0.2, 0.25) is 5.91 Å². The zero-order valence-corrected chi connectivity index (χ0v) is 11.4. The van der Waals surface area contributed by atoms with Crippen molar-refractivity contribution in [2.24, 2.45) is 5.73 Å². The molecule has 2 aromatic rings. The molecule has 0 spiro atoms. The Labute approximate surface area is 114 Å². The quantitative estimate of drug-likeness (QED) is 0.841. The van der Waals surface area contributed by atoms with Gasteiger partial charge in [0.15, 0.2) is 0 Å². The molecule has 0 aliphatic heterocycles. The van der Waals surface area contributed by atoms with Gasteiger partial charge in [-0.1, -0.05) is 18.2 Å². The molecule has 19 heavy (non-hydrogen) atoms. The number of nitrogens with two attached hydrogens (primary N) is 1. The van der Waals surface area contributed by atoms with Gasteiger partial charge in [-0.15, -0.1) is 11.3 Å². The molecule has 2 rings (SSSR count). The van der Waals surface area contributed by atoms with Crippen LogP contribution in [0.1, 0.15) is 16.6 Å². The minimum atomic E-state index is -0.649. The summed E-state index contributed by atoms with van der Waals surface area (Å²) in [4.78, 5) is 23.9. The molecule has 0 unspecified atom stereocenters. The first-order chi connectivity index (χ1) is 9.04. The van der Waals surface area contributed by atoms with E-state index < -0.39 is 12.0 Å². The highest BCUT2D eigenvalue weighted by molar-refractivity contribution is 7.21. The lowest BCUT2D eigenvalue weighted by Crippen LogP contribution is -2.32. The lowest BCUT2D eigenvalue weighted by molar-refractivity contribution is -0.117. The van der Waals surface area contributed by atoms with E-state index in [0.717, 1.165) is 10.1 Å². The maximum absolute atomic E-state index is 11.8. The number of nitrogens with one attached hydrogen (secondary N) is 1. The van der Waals surface area contributed by atoms with Crippen LogP contribution < -0.4 is 11.1 Å². The number of rotatable bonds is 3. The molecule has 6 heteroatoms. The summed E-state index contributed by atoms with van der Waals surface area (Å²) in [6.07, 6.45) is 0. The van der Waals surface area contributed by atoms with E-state index in [2.05, 4.69) is 5.32 Å². The molecule has 1 aromatic carbocycles.